The van der Waals surface area contributed by atoms with E-state index in [-0.39, 0.29) is 24.5 Å². The van der Waals surface area contributed by atoms with E-state index >= 15 is 0 Å². The van der Waals surface area contributed by atoms with Gasteiger partial charge < -0.3 is 19.5 Å². The number of carboxylic acid groups (broad SMARTS) is 1. The lowest BCUT2D eigenvalue weighted by atomic mass is 9.98. The first-order valence-corrected chi connectivity index (χ1v) is 10.3. The predicted molar refractivity (Wildman–Crippen MR) is 119 cm³/mol. The van der Waals surface area contributed by atoms with E-state index in [4.69, 9.17) is 4.74 Å². The van der Waals surface area contributed by atoms with Crippen molar-refractivity contribution in [3.63, 3.8) is 0 Å². The molecule has 0 radical (unpaired) electrons. The summed E-state index contributed by atoms with van der Waals surface area (Å²) in [5.74, 6) is -0.157. The van der Waals surface area contributed by atoms with Crippen LogP contribution in [0.3, 0.4) is 0 Å². The molecule has 0 saturated heterocycles. The fourth-order valence-electron chi connectivity index (χ4n) is 3.74. The summed E-state index contributed by atoms with van der Waals surface area (Å²) in [7, 11) is 1.51. The van der Waals surface area contributed by atoms with Crippen molar-refractivity contribution in [1.29, 1.82) is 0 Å². The number of nitrogens with zero attached hydrogens (tertiary/aromatic N) is 5. The van der Waals surface area contributed by atoms with Crippen LogP contribution in [-0.4, -0.2) is 53.5 Å². The number of hydrogen-bond donors (Lipinski definition) is 3. The van der Waals surface area contributed by atoms with Crippen LogP contribution in [0.4, 0.5) is 0 Å². The van der Waals surface area contributed by atoms with Gasteiger partial charge in [0.25, 0.3) is 0 Å². The molecule has 4 rings (SSSR count). The highest BCUT2D eigenvalue weighted by Gasteiger charge is 2.31. The molecule has 0 aliphatic heterocycles. The molecule has 4 aromatic rings. The van der Waals surface area contributed by atoms with E-state index in [0.29, 0.717) is 11.6 Å². The minimum absolute atomic E-state index is 0.0539. The average Bonchev–Trinajstić information content (AvgIpc) is 3.43. The molecule has 2 aromatic heterocycles. The number of imidazole rings is 1. The number of aromatic nitrogens is 6. The quantitative estimate of drug-likeness (QED) is 0.374. The van der Waals surface area contributed by atoms with Crippen molar-refractivity contribution >= 4 is 5.97 Å². The zero-order valence-corrected chi connectivity index (χ0v) is 18.5. The topological polar surface area (TPSA) is 139 Å². The predicted octanol–water partition coefficient (Wildman–Crippen LogP) is 2.85. The largest absolute Gasteiger partial charge is 0.477 e. The van der Waals surface area contributed by atoms with Crippen LogP contribution in [0.5, 0.6) is 0 Å². The number of aliphatic hydroxyl groups is 1. The van der Waals surface area contributed by atoms with Gasteiger partial charge in [0, 0.05) is 19.2 Å². The summed E-state index contributed by atoms with van der Waals surface area (Å²) in [5, 5.41) is 34.4. The maximum Gasteiger partial charge on any atom is 0.354 e. The molecule has 0 unspecified atom stereocenters. The van der Waals surface area contributed by atoms with Gasteiger partial charge in [0.05, 0.1) is 0 Å². The van der Waals surface area contributed by atoms with Crippen molar-refractivity contribution in [2.24, 2.45) is 0 Å². The van der Waals surface area contributed by atoms with Crippen molar-refractivity contribution < 1.29 is 19.7 Å². The number of rotatable bonds is 8. The number of aromatic amines is 1. The van der Waals surface area contributed by atoms with E-state index in [9.17, 15) is 15.0 Å². The molecule has 2 heterocycles. The van der Waals surface area contributed by atoms with Crippen molar-refractivity contribution in [2.75, 3.05) is 7.11 Å². The average molecular weight is 448 g/mol. The number of hydrogen-bond acceptors (Lipinski definition) is 7. The first-order valence-electron chi connectivity index (χ1n) is 10.3. The summed E-state index contributed by atoms with van der Waals surface area (Å²) < 4.78 is 6.79. The Labute approximate surface area is 189 Å². The third kappa shape index (κ3) is 4.52. The second kappa shape index (κ2) is 8.93. The molecule has 0 aliphatic rings. The number of carbonyl (C=O) groups is 1. The molecule has 0 bridgehead atoms. The Morgan fingerprint density at radius 1 is 1.12 bits per heavy atom. The van der Waals surface area contributed by atoms with Gasteiger partial charge >= 0.3 is 5.97 Å². The highest BCUT2D eigenvalue weighted by molar-refractivity contribution is 5.87. The van der Waals surface area contributed by atoms with Crippen LogP contribution in [-0.2, 0) is 23.5 Å². The molecule has 10 heteroatoms. The van der Waals surface area contributed by atoms with Crippen LogP contribution in [0, 0.1) is 0 Å². The highest BCUT2D eigenvalue weighted by Crippen LogP contribution is 2.30. The minimum Gasteiger partial charge on any atom is -0.477 e. The Morgan fingerprint density at radius 3 is 2.39 bits per heavy atom. The van der Waals surface area contributed by atoms with Gasteiger partial charge in [0.15, 0.2) is 11.5 Å². The van der Waals surface area contributed by atoms with E-state index in [0.717, 1.165) is 22.3 Å². The molecule has 10 nitrogen and oxygen atoms in total. The number of ether oxygens (including phenoxy) is 1. The summed E-state index contributed by atoms with van der Waals surface area (Å²) in [5.41, 5.74) is 2.30. The fraction of sp³-hybridized carbons (Fsp3) is 0.261. The monoisotopic (exact) mass is 448 g/mol. The summed E-state index contributed by atoms with van der Waals surface area (Å²) in [6.45, 7) is 3.41. The van der Waals surface area contributed by atoms with Gasteiger partial charge in [-0.2, -0.15) is 0 Å². The van der Waals surface area contributed by atoms with Crippen LogP contribution >= 0.6 is 0 Å². The zero-order chi connectivity index (χ0) is 23.6. The van der Waals surface area contributed by atoms with Gasteiger partial charge in [0.2, 0.25) is 0 Å². The second-order valence-corrected chi connectivity index (χ2v) is 8.10. The van der Waals surface area contributed by atoms with Gasteiger partial charge in [0.1, 0.15) is 23.7 Å². The molecule has 33 heavy (non-hydrogen) atoms. The van der Waals surface area contributed by atoms with Crippen LogP contribution in [0.1, 0.15) is 41.4 Å². The second-order valence-electron chi connectivity index (χ2n) is 8.10. The Kier molecular flexibility index (Phi) is 6.03. The van der Waals surface area contributed by atoms with Gasteiger partial charge in [-0.05, 0) is 41.0 Å². The molecule has 2 aromatic carbocycles. The molecule has 0 fully saturated rings. The lowest BCUT2D eigenvalue weighted by Crippen LogP contribution is -2.22. The van der Waals surface area contributed by atoms with Gasteiger partial charge in [-0.25, -0.2) is 14.9 Å². The third-order valence-electron chi connectivity index (χ3n) is 5.24. The van der Waals surface area contributed by atoms with E-state index in [1.165, 1.54) is 21.0 Å². The number of nitrogens with one attached hydrogen (secondary N) is 1. The van der Waals surface area contributed by atoms with Crippen molar-refractivity contribution in [3.8, 4) is 22.5 Å². The Bertz CT molecular complexity index is 1260. The Balaban J connectivity index is 1.70. The van der Waals surface area contributed by atoms with Crippen LogP contribution in [0.25, 0.3) is 22.5 Å². The number of benzene rings is 2. The molecule has 0 spiro atoms. The van der Waals surface area contributed by atoms with Crippen LogP contribution in [0.2, 0.25) is 0 Å². The van der Waals surface area contributed by atoms with Crippen molar-refractivity contribution in [2.45, 2.75) is 32.6 Å². The van der Waals surface area contributed by atoms with E-state index < -0.39 is 11.6 Å². The number of methoxy groups -OCH3 is 1. The number of H-pyrrole nitrogens is 1. The van der Waals surface area contributed by atoms with Crippen LogP contribution in [0.15, 0.2) is 48.5 Å². The zero-order valence-electron chi connectivity index (χ0n) is 18.5. The first-order chi connectivity index (χ1) is 15.8. The van der Waals surface area contributed by atoms with E-state index in [1.807, 2.05) is 48.5 Å². The molecule has 0 atom stereocenters. The number of carboxylic acids is 1. The van der Waals surface area contributed by atoms with E-state index in [1.54, 1.807) is 4.57 Å². The lowest BCUT2D eigenvalue weighted by Gasteiger charge is -2.16. The highest BCUT2D eigenvalue weighted by atomic mass is 16.5. The minimum atomic E-state index is -1.41. The molecule has 3 N–H and O–H groups in total. The molecular formula is C23H24N6O4. The fourth-order valence-corrected chi connectivity index (χ4v) is 3.74. The summed E-state index contributed by atoms with van der Waals surface area (Å²) in [6, 6.07) is 15.6. The molecule has 170 valence electrons. The Hall–Kier alpha value is -3.89. The van der Waals surface area contributed by atoms with Crippen molar-refractivity contribution in [1.82, 2.24) is 30.2 Å². The SMILES string of the molecule is COCc1nc(C(C)(C)O)c(C(=O)O)n1Cc1ccc(-c2ccccc2-c2nnn[nH]2)cc1. The van der Waals surface area contributed by atoms with Crippen molar-refractivity contribution in [3.05, 3.63) is 71.3 Å². The van der Waals surface area contributed by atoms with Gasteiger partial charge in [-0.1, -0.05) is 48.5 Å². The molecule has 0 aliphatic carbocycles. The summed E-state index contributed by atoms with van der Waals surface area (Å²) >= 11 is 0. The summed E-state index contributed by atoms with van der Waals surface area (Å²) in [6.07, 6.45) is 0. The third-order valence-corrected chi connectivity index (χ3v) is 5.24. The molecule has 0 saturated carbocycles. The lowest BCUT2D eigenvalue weighted by molar-refractivity contribution is 0.0602. The Morgan fingerprint density at radius 2 is 1.82 bits per heavy atom. The normalized spacial score (nSPS) is 11.6. The number of tetrazole rings is 1. The number of aromatic carboxylic acids is 1. The molecule has 0 amide bonds. The maximum absolute atomic E-state index is 12.1. The maximum atomic E-state index is 12.1. The van der Waals surface area contributed by atoms with Gasteiger partial charge in [-0.3, -0.25) is 0 Å². The molecular weight excluding hydrogens is 424 g/mol. The smallest absolute Gasteiger partial charge is 0.354 e. The van der Waals surface area contributed by atoms with Gasteiger partial charge in [-0.15, -0.1) is 5.10 Å². The standard InChI is InChI=1S/C23H24N6O4/c1-23(2,32)20-19(22(30)31)29(18(24-20)13-33-3)12-14-8-10-15(11-9-14)16-6-4-5-7-17(16)21-25-27-28-26-21/h4-11,32H,12-13H2,1-3H3,(H,30,31)(H,25,26,27,28). The first kappa shape index (κ1) is 22.3. The van der Waals surface area contributed by atoms with E-state index in [2.05, 4.69) is 25.6 Å². The van der Waals surface area contributed by atoms with Crippen LogP contribution < -0.4 is 0 Å². The summed E-state index contributed by atoms with van der Waals surface area (Å²) in [4.78, 5) is 16.4.